The first-order chi connectivity index (χ1) is 8.86. The standard InChI is InChI=1S/C13H18O6/c1-5-6-13(16-4)10(14)9(18-11(13)15)8-7-17-12(2,3)19-8/h5,8-9H,1,6-7H2,2-4H3/t8-,9+,13-/m0/s1. The van der Waals surface area contributed by atoms with E-state index in [1.54, 1.807) is 13.8 Å². The lowest BCUT2D eigenvalue weighted by molar-refractivity contribution is -0.166. The molecule has 0 aromatic heterocycles. The molecule has 0 amide bonds. The van der Waals surface area contributed by atoms with Crippen LogP contribution in [0.2, 0.25) is 0 Å². The Labute approximate surface area is 111 Å². The van der Waals surface area contributed by atoms with E-state index in [-0.39, 0.29) is 13.0 Å². The molecular formula is C13H18O6. The highest BCUT2D eigenvalue weighted by atomic mass is 16.8. The van der Waals surface area contributed by atoms with E-state index in [0.29, 0.717) is 0 Å². The van der Waals surface area contributed by atoms with Gasteiger partial charge in [-0.1, -0.05) is 6.08 Å². The van der Waals surface area contributed by atoms with Crippen molar-refractivity contribution < 1.29 is 28.5 Å². The molecule has 2 saturated heterocycles. The molecule has 0 aromatic carbocycles. The molecule has 2 aliphatic rings. The topological polar surface area (TPSA) is 71.1 Å². The molecule has 0 radical (unpaired) electrons. The molecule has 0 saturated carbocycles. The van der Waals surface area contributed by atoms with Crippen LogP contribution in [0, 0.1) is 0 Å². The first-order valence-corrected chi connectivity index (χ1v) is 6.09. The minimum atomic E-state index is -1.59. The molecular weight excluding hydrogens is 252 g/mol. The third-order valence-electron chi connectivity index (χ3n) is 3.37. The number of ketones is 1. The first-order valence-electron chi connectivity index (χ1n) is 6.09. The Hall–Kier alpha value is -1.24. The second-order valence-corrected chi connectivity index (χ2v) is 5.08. The van der Waals surface area contributed by atoms with Crippen LogP contribution in [0.3, 0.4) is 0 Å². The molecule has 19 heavy (non-hydrogen) atoms. The highest BCUT2D eigenvalue weighted by Gasteiger charge is 2.60. The van der Waals surface area contributed by atoms with Crippen molar-refractivity contribution in [3.05, 3.63) is 12.7 Å². The fourth-order valence-corrected chi connectivity index (χ4v) is 2.36. The first kappa shape index (κ1) is 14.2. The van der Waals surface area contributed by atoms with Crippen LogP contribution in [0.5, 0.6) is 0 Å². The molecule has 0 bridgehead atoms. The monoisotopic (exact) mass is 270 g/mol. The summed E-state index contributed by atoms with van der Waals surface area (Å²) in [5.41, 5.74) is -1.59. The van der Waals surface area contributed by atoms with E-state index < -0.39 is 35.3 Å². The highest BCUT2D eigenvalue weighted by Crippen LogP contribution is 2.35. The molecule has 106 valence electrons. The van der Waals surface area contributed by atoms with Crippen LogP contribution in [0.25, 0.3) is 0 Å². The van der Waals surface area contributed by atoms with Gasteiger partial charge in [0.15, 0.2) is 11.9 Å². The molecule has 6 nitrogen and oxygen atoms in total. The average Bonchev–Trinajstić information content (AvgIpc) is 2.82. The number of rotatable bonds is 4. The van der Waals surface area contributed by atoms with Crippen molar-refractivity contribution in [2.45, 2.75) is 43.9 Å². The Bertz CT molecular complexity index is 415. The van der Waals surface area contributed by atoms with Crippen molar-refractivity contribution in [2.24, 2.45) is 0 Å². The van der Waals surface area contributed by atoms with Crippen molar-refractivity contribution in [3.63, 3.8) is 0 Å². The summed E-state index contributed by atoms with van der Waals surface area (Å²) in [6.45, 7) is 7.21. The van der Waals surface area contributed by atoms with Crippen molar-refractivity contribution in [1.82, 2.24) is 0 Å². The molecule has 2 heterocycles. The van der Waals surface area contributed by atoms with Crippen molar-refractivity contribution in [2.75, 3.05) is 13.7 Å². The number of carbonyl (C=O) groups excluding carboxylic acids is 2. The van der Waals surface area contributed by atoms with Crippen LogP contribution in [-0.2, 0) is 28.5 Å². The van der Waals surface area contributed by atoms with Crippen molar-refractivity contribution in [1.29, 1.82) is 0 Å². The van der Waals surface area contributed by atoms with Crippen molar-refractivity contribution in [3.8, 4) is 0 Å². The zero-order valence-corrected chi connectivity index (χ0v) is 11.3. The Balaban J connectivity index is 2.21. The molecule has 0 spiro atoms. The minimum absolute atomic E-state index is 0.0780. The third kappa shape index (κ3) is 2.20. The maximum Gasteiger partial charge on any atom is 0.347 e. The lowest BCUT2D eigenvalue weighted by Gasteiger charge is -2.21. The van der Waals surface area contributed by atoms with Crippen LogP contribution in [0.4, 0.5) is 0 Å². The molecule has 0 N–H and O–H groups in total. The molecule has 3 atom stereocenters. The van der Waals surface area contributed by atoms with Crippen LogP contribution in [0.1, 0.15) is 20.3 Å². The van der Waals surface area contributed by atoms with E-state index in [0.717, 1.165) is 0 Å². The van der Waals surface area contributed by atoms with Gasteiger partial charge in [-0.15, -0.1) is 6.58 Å². The number of Topliss-reactive ketones (excluding diaryl/α,β-unsaturated/α-hetero) is 1. The van der Waals surface area contributed by atoms with E-state index in [1.807, 2.05) is 0 Å². The minimum Gasteiger partial charge on any atom is -0.449 e. The summed E-state index contributed by atoms with van der Waals surface area (Å²) < 4.78 is 21.2. The summed E-state index contributed by atoms with van der Waals surface area (Å²) in [4.78, 5) is 24.3. The fraction of sp³-hybridized carbons (Fsp3) is 0.692. The summed E-state index contributed by atoms with van der Waals surface area (Å²) in [6, 6.07) is 0. The van der Waals surface area contributed by atoms with E-state index in [9.17, 15) is 9.59 Å². The summed E-state index contributed by atoms with van der Waals surface area (Å²) >= 11 is 0. The zero-order chi connectivity index (χ0) is 14.3. The molecule has 2 rings (SSSR count). The summed E-state index contributed by atoms with van der Waals surface area (Å²) in [5.74, 6) is -1.92. The van der Waals surface area contributed by atoms with E-state index in [4.69, 9.17) is 18.9 Å². The zero-order valence-electron chi connectivity index (χ0n) is 11.3. The van der Waals surface area contributed by atoms with Gasteiger partial charge in [0.2, 0.25) is 11.4 Å². The van der Waals surface area contributed by atoms with E-state index in [1.165, 1.54) is 13.2 Å². The van der Waals surface area contributed by atoms with Gasteiger partial charge in [-0.05, 0) is 13.8 Å². The lowest BCUT2D eigenvalue weighted by atomic mass is 9.92. The van der Waals surface area contributed by atoms with Gasteiger partial charge in [0.05, 0.1) is 6.61 Å². The van der Waals surface area contributed by atoms with Gasteiger partial charge >= 0.3 is 5.97 Å². The number of hydrogen-bond acceptors (Lipinski definition) is 6. The Kier molecular flexibility index (Phi) is 3.51. The molecule has 6 heteroatoms. The largest absolute Gasteiger partial charge is 0.449 e. The second-order valence-electron chi connectivity index (χ2n) is 5.08. The van der Waals surface area contributed by atoms with Crippen LogP contribution in [0.15, 0.2) is 12.7 Å². The van der Waals surface area contributed by atoms with Gasteiger partial charge in [-0.2, -0.15) is 0 Å². The maximum absolute atomic E-state index is 12.4. The second kappa shape index (κ2) is 4.70. The number of ether oxygens (including phenoxy) is 4. The fourth-order valence-electron chi connectivity index (χ4n) is 2.36. The highest BCUT2D eigenvalue weighted by molar-refractivity contribution is 6.14. The molecule has 0 aliphatic carbocycles. The third-order valence-corrected chi connectivity index (χ3v) is 3.37. The number of cyclic esters (lactones) is 1. The van der Waals surface area contributed by atoms with E-state index >= 15 is 0 Å². The Morgan fingerprint density at radius 1 is 1.47 bits per heavy atom. The molecule has 0 aromatic rings. The summed E-state index contributed by atoms with van der Waals surface area (Å²) in [6.07, 6.45) is -0.0576. The Morgan fingerprint density at radius 2 is 2.16 bits per heavy atom. The summed E-state index contributed by atoms with van der Waals surface area (Å²) in [7, 11) is 1.31. The summed E-state index contributed by atoms with van der Waals surface area (Å²) in [5, 5.41) is 0. The van der Waals surface area contributed by atoms with Gasteiger partial charge in [0, 0.05) is 13.5 Å². The predicted molar refractivity (Wildman–Crippen MR) is 64.3 cm³/mol. The predicted octanol–water partition coefficient (Wildman–Crippen LogP) is 0.594. The number of esters is 1. The smallest absolute Gasteiger partial charge is 0.347 e. The van der Waals surface area contributed by atoms with Gasteiger partial charge in [-0.3, -0.25) is 4.79 Å². The van der Waals surface area contributed by atoms with Gasteiger partial charge in [-0.25, -0.2) is 4.79 Å². The van der Waals surface area contributed by atoms with Gasteiger partial charge in [0.25, 0.3) is 0 Å². The quantitative estimate of drug-likeness (QED) is 0.423. The van der Waals surface area contributed by atoms with Crippen LogP contribution >= 0.6 is 0 Å². The number of hydrogen-bond donors (Lipinski definition) is 0. The van der Waals surface area contributed by atoms with Gasteiger partial charge < -0.3 is 18.9 Å². The lowest BCUT2D eigenvalue weighted by Crippen LogP contribution is -2.46. The normalized spacial score (nSPS) is 37.4. The van der Waals surface area contributed by atoms with Gasteiger partial charge in [0.1, 0.15) is 6.10 Å². The van der Waals surface area contributed by atoms with Crippen LogP contribution < -0.4 is 0 Å². The Morgan fingerprint density at radius 3 is 2.63 bits per heavy atom. The number of methoxy groups -OCH3 is 1. The molecule has 2 fully saturated rings. The van der Waals surface area contributed by atoms with Crippen LogP contribution in [-0.4, -0.2) is 49.1 Å². The maximum atomic E-state index is 12.4. The van der Waals surface area contributed by atoms with E-state index in [2.05, 4.69) is 6.58 Å². The average molecular weight is 270 g/mol. The van der Waals surface area contributed by atoms with Crippen molar-refractivity contribution >= 4 is 11.8 Å². The number of carbonyl (C=O) groups is 2. The molecule has 2 aliphatic heterocycles. The SMILES string of the molecule is C=CC[C@@]1(OC)C(=O)O[C@H]([C@@H]2COC(C)(C)O2)C1=O. The molecule has 0 unspecified atom stereocenters.